The average Bonchev–Trinajstić information content (AvgIpc) is 3.09. The zero-order valence-electron chi connectivity index (χ0n) is 12.5. The van der Waals surface area contributed by atoms with Gasteiger partial charge in [0.1, 0.15) is 17.8 Å². The number of carbonyl (C=O) groups excluding carboxylic acids is 1. The largest absolute Gasteiger partial charge is 0.433 e. The van der Waals surface area contributed by atoms with Crippen molar-refractivity contribution in [3.8, 4) is 0 Å². The van der Waals surface area contributed by atoms with Crippen LogP contribution in [0.5, 0.6) is 0 Å². The molecule has 2 aromatic rings. The highest BCUT2D eigenvalue weighted by atomic mass is 19.4. The fraction of sp³-hybridized carbons (Fsp3) is 0.429. The summed E-state index contributed by atoms with van der Waals surface area (Å²) >= 11 is 0. The lowest BCUT2D eigenvalue weighted by Crippen LogP contribution is -2.42. The second kappa shape index (κ2) is 6.46. The van der Waals surface area contributed by atoms with E-state index in [1.807, 2.05) is 0 Å². The van der Waals surface area contributed by atoms with Crippen LogP contribution in [0.4, 0.5) is 19.0 Å². The number of alkyl halides is 3. The number of aromatic nitrogens is 3. The van der Waals surface area contributed by atoms with Crippen LogP contribution in [-0.4, -0.2) is 45.1 Å². The number of carbonyl (C=O) groups is 1. The Morgan fingerprint density at radius 2 is 2.04 bits per heavy atom. The van der Waals surface area contributed by atoms with Gasteiger partial charge in [-0.3, -0.25) is 4.79 Å². The van der Waals surface area contributed by atoms with E-state index in [0.29, 0.717) is 25.9 Å². The van der Waals surface area contributed by atoms with Gasteiger partial charge in [-0.25, -0.2) is 9.97 Å². The minimum absolute atomic E-state index is 0.0697. The molecule has 10 heteroatoms. The Hall–Kier alpha value is -2.65. The predicted octanol–water partition coefficient (Wildman–Crippen LogP) is 2.20. The molecule has 1 saturated heterocycles. The number of rotatable bonds is 3. The predicted molar refractivity (Wildman–Crippen MR) is 76.1 cm³/mol. The quantitative estimate of drug-likeness (QED) is 0.921. The van der Waals surface area contributed by atoms with Crippen LogP contribution in [0.2, 0.25) is 0 Å². The first-order valence-corrected chi connectivity index (χ1v) is 7.29. The summed E-state index contributed by atoms with van der Waals surface area (Å²) in [7, 11) is 0. The zero-order chi connectivity index (χ0) is 17.2. The molecule has 0 aromatic carbocycles. The van der Waals surface area contributed by atoms with Gasteiger partial charge in [0.25, 0.3) is 5.91 Å². The number of nitrogens with one attached hydrogen (secondary N) is 1. The van der Waals surface area contributed by atoms with Gasteiger partial charge in [-0.05, 0) is 12.8 Å². The Morgan fingerprint density at radius 3 is 2.67 bits per heavy atom. The summed E-state index contributed by atoms with van der Waals surface area (Å²) < 4.78 is 42.8. The summed E-state index contributed by atoms with van der Waals surface area (Å²) in [6.45, 7) is 0.933. The average molecular weight is 341 g/mol. The highest BCUT2D eigenvalue weighted by Crippen LogP contribution is 2.28. The third-order valence-electron chi connectivity index (χ3n) is 3.74. The van der Waals surface area contributed by atoms with Gasteiger partial charge in [-0.2, -0.15) is 13.2 Å². The Morgan fingerprint density at radius 1 is 1.29 bits per heavy atom. The first-order chi connectivity index (χ1) is 11.4. The van der Waals surface area contributed by atoms with Crippen LogP contribution < -0.4 is 5.32 Å². The van der Waals surface area contributed by atoms with E-state index in [-0.39, 0.29) is 23.5 Å². The fourth-order valence-electron chi connectivity index (χ4n) is 2.51. The lowest BCUT2D eigenvalue weighted by molar-refractivity contribution is -0.141. The molecule has 0 radical (unpaired) electrons. The van der Waals surface area contributed by atoms with Gasteiger partial charge >= 0.3 is 6.18 Å². The number of nitrogens with zero attached hydrogens (tertiary/aromatic N) is 4. The van der Waals surface area contributed by atoms with Crippen molar-refractivity contribution in [2.24, 2.45) is 0 Å². The van der Waals surface area contributed by atoms with E-state index in [1.165, 1.54) is 12.3 Å². The molecule has 1 fully saturated rings. The van der Waals surface area contributed by atoms with Crippen molar-refractivity contribution in [1.82, 2.24) is 20.0 Å². The maximum Gasteiger partial charge on any atom is 0.433 e. The van der Waals surface area contributed by atoms with E-state index in [0.717, 1.165) is 12.4 Å². The summed E-state index contributed by atoms with van der Waals surface area (Å²) in [6.07, 6.45) is -1.05. The van der Waals surface area contributed by atoms with E-state index in [2.05, 4.69) is 20.4 Å². The van der Waals surface area contributed by atoms with Crippen LogP contribution in [-0.2, 0) is 6.18 Å². The topological polar surface area (TPSA) is 84.2 Å². The standard InChI is InChI=1S/C14H14F3N5O2/c15-14(16,17)11-7-12(19-8-18-11)21-9-2-5-22(6-3-9)13(23)10-1-4-20-24-10/h1,4,7-9H,2-3,5-6H2,(H,18,19,21). The molecule has 1 aliphatic rings. The van der Waals surface area contributed by atoms with E-state index >= 15 is 0 Å². The van der Waals surface area contributed by atoms with Gasteiger partial charge in [0.15, 0.2) is 0 Å². The molecule has 1 aliphatic heterocycles. The lowest BCUT2D eigenvalue weighted by Gasteiger charge is -2.32. The van der Waals surface area contributed by atoms with E-state index < -0.39 is 11.9 Å². The monoisotopic (exact) mass is 341 g/mol. The number of likely N-dealkylation sites (tertiary alicyclic amines) is 1. The first-order valence-electron chi connectivity index (χ1n) is 7.29. The molecule has 3 rings (SSSR count). The van der Waals surface area contributed by atoms with Gasteiger partial charge in [0.2, 0.25) is 5.76 Å². The molecular formula is C14H14F3N5O2. The van der Waals surface area contributed by atoms with Crippen molar-refractivity contribution < 1.29 is 22.5 Å². The third-order valence-corrected chi connectivity index (χ3v) is 3.74. The number of anilines is 1. The van der Waals surface area contributed by atoms with Gasteiger partial charge in [0.05, 0.1) is 6.20 Å². The summed E-state index contributed by atoms with van der Waals surface area (Å²) in [5, 5.41) is 6.46. The molecule has 7 nitrogen and oxygen atoms in total. The Kier molecular flexibility index (Phi) is 4.36. The van der Waals surface area contributed by atoms with Crippen molar-refractivity contribution >= 4 is 11.7 Å². The summed E-state index contributed by atoms with van der Waals surface area (Å²) in [4.78, 5) is 20.8. The van der Waals surface area contributed by atoms with Crippen molar-refractivity contribution in [3.05, 3.63) is 36.1 Å². The lowest BCUT2D eigenvalue weighted by atomic mass is 10.0. The molecule has 0 saturated carbocycles. The molecule has 0 aliphatic carbocycles. The van der Waals surface area contributed by atoms with Gasteiger partial charge in [0, 0.05) is 31.3 Å². The van der Waals surface area contributed by atoms with E-state index in [1.54, 1.807) is 4.90 Å². The second-order valence-corrected chi connectivity index (χ2v) is 5.37. The molecule has 0 spiro atoms. The molecule has 128 valence electrons. The molecule has 1 amide bonds. The fourth-order valence-corrected chi connectivity index (χ4v) is 2.51. The zero-order valence-corrected chi connectivity index (χ0v) is 12.5. The molecule has 0 atom stereocenters. The highest BCUT2D eigenvalue weighted by Gasteiger charge is 2.33. The van der Waals surface area contributed by atoms with Gasteiger partial charge < -0.3 is 14.7 Å². The van der Waals surface area contributed by atoms with Gasteiger partial charge in [-0.1, -0.05) is 5.16 Å². The number of halogens is 3. The Labute approximate surface area is 134 Å². The van der Waals surface area contributed by atoms with Crippen LogP contribution >= 0.6 is 0 Å². The molecule has 1 N–H and O–H groups in total. The second-order valence-electron chi connectivity index (χ2n) is 5.37. The Balaban J connectivity index is 1.57. The van der Waals surface area contributed by atoms with E-state index in [9.17, 15) is 18.0 Å². The molecule has 24 heavy (non-hydrogen) atoms. The minimum atomic E-state index is -4.51. The van der Waals surface area contributed by atoms with Crippen molar-refractivity contribution in [1.29, 1.82) is 0 Å². The van der Waals surface area contributed by atoms with Crippen LogP contribution in [0.1, 0.15) is 29.1 Å². The molecular weight excluding hydrogens is 327 g/mol. The normalized spacial score (nSPS) is 16.2. The number of piperidine rings is 1. The van der Waals surface area contributed by atoms with Crippen molar-refractivity contribution in [2.45, 2.75) is 25.1 Å². The minimum Gasteiger partial charge on any atom is -0.367 e. The molecule has 0 unspecified atom stereocenters. The summed E-state index contributed by atoms with van der Waals surface area (Å²) in [5.74, 6) is 0.0525. The molecule has 3 heterocycles. The maximum atomic E-state index is 12.6. The van der Waals surface area contributed by atoms with Crippen LogP contribution in [0.15, 0.2) is 29.2 Å². The SMILES string of the molecule is O=C(c1ccno1)N1CCC(Nc2cc(C(F)(F)F)ncn2)CC1. The summed E-state index contributed by atoms with van der Waals surface area (Å²) in [5.41, 5.74) is -0.988. The number of hydrogen-bond acceptors (Lipinski definition) is 6. The number of amides is 1. The summed E-state index contributed by atoms with van der Waals surface area (Å²) in [6, 6.07) is 2.30. The first kappa shape index (κ1) is 16.2. The number of hydrogen-bond donors (Lipinski definition) is 1. The van der Waals surface area contributed by atoms with Crippen molar-refractivity contribution in [2.75, 3.05) is 18.4 Å². The van der Waals surface area contributed by atoms with Crippen molar-refractivity contribution in [3.63, 3.8) is 0 Å². The third kappa shape index (κ3) is 3.63. The van der Waals surface area contributed by atoms with Crippen LogP contribution in [0.3, 0.4) is 0 Å². The van der Waals surface area contributed by atoms with Gasteiger partial charge in [-0.15, -0.1) is 0 Å². The van der Waals surface area contributed by atoms with Crippen LogP contribution in [0.25, 0.3) is 0 Å². The maximum absolute atomic E-state index is 12.6. The van der Waals surface area contributed by atoms with E-state index in [4.69, 9.17) is 4.52 Å². The smallest absolute Gasteiger partial charge is 0.367 e. The molecule has 0 bridgehead atoms. The van der Waals surface area contributed by atoms with Crippen LogP contribution in [0, 0.1) is 0 Å². The molecule has 2 aromatic heterocycles. The highest BCUT2D eigenvalue weighted by molar-refractivity contribution is 5.91. The Bertz CT molecular complexity index is 697.